The van der Waals surface area contributed by atoms with E-state index < -0.39 is 5.54 Å². The fraction of sp³-hybridized carbons (Fsp3) is 0.542. The minimum atomic E-state index is -1.27. The minimum absolute atomic E-state index is 0.0101. The lowest BCUT2D eigenvalue weighted by atomic mass is 9.87. The molecular formula is C24H29N7O3S. The van der Waals surface area contributed by atoms with Crippen LogP contribution in [-0.4, -0.2) is 49.8 Å². The summed E-state index contributed by atoms with van der Waals surface area (Å²) in [5.41, 5.74) is 2.76. The molecule has 1 aliphatic heterocycles. The summed E-state index contributed by atoms with van der Waals surface area (Å²) in [5, 5.41) is 22.2. The van der Waals surface area contributed by atoms with Crippen molar-refractivity contribution in [1.29, 1.82) is 0 Å². The smallest absolute Gasteiger partial charge is 0.257 e. The summed E-state index contributed by atoms with van der Waals surface area (Å²) in [5.74, 6) is 2.99. The van der Waals surface area contributed by atoms with Crippen LogP contribution in [0, 0.1) is 25.7 Å². The summed E-state index contributed by atoms with van der Waals surface area (Å²) in [6, 6.07) is 0. The third-order valence-electron chi connectivity index (χ3n) is 7.26. The molecule has 2 saturated carbocycles. The van der Waals surface area contributed by atoms with Crippen molar-refractivity contribution in [2.45, 2.75) is 51.5 Å². The van der Waals surface area contributed by atoms with Gasteiger partial charge in [-0.1, -0.05) is 5.16 Å². The Labute approximate surface area is 207 Å². The van der Waals surface area contributed by atoms with Gasteiger partial charge in [-0.15, -0.1) is 10.2 Å². The summed E-state index contributed by atoms with van der Waals surface area (Å²) < 4.78 is 7.09. The van der Waals surface area contributed by atoms with Gasteiger partial charge in [0, 0.05) is 18.2 Å². The van der Waals surface area contributed by atoms with Gasteiger partial charge in [-0.2, -0.15) is 11.8 Å². The van der Waals surface area contributed by atoms with E-state index in [1.54, 1.807) is 22.7 Å². The van der Waals surface area contributed by atoms with Crippen LogP contribution in [-0.2, 0) is 15.1 Å². The van der Waals surface area contributed by atoms with Gasteiger partial charge in [0.25, 0.3) is 5.91 Å². The monoisotopic (exact) mass is 495 g/mol. The van der Waals surface area contributed by atoms with Crippen LogP contribution >= 0.6 is 11.8 Å². The first kappa shape index (κ1) is 22.4. The maximum absolute atomic E-state index is 14.2. The van der Waals surface area contributed by atoms with Crippen molar-refractivity contribution in [2.75, 3.05) is 23.4 Å². The van der Waals surface area contributed by atoms with Gasteiger partial charge >= 0.3 is 0 Å². The molecule has 2 amide bonds. The van der Waals surface area contributed by atoms with Crippen LogP contribution < -0.4 is 16.0 Å². The zero-order valence-corrected chi connectivity index (χ0v) is 20.7. The Hall–Kier alpha value is -3.08. The number of nitrogens with one attached hydrogen (secondary N) is 3. The molecule has 10 nitrogen and oxygen atoms in total. The fourth-order valence-corrected chi connectivity index (χ4v) is 6.02. The van der Waals surface area contributed by atoms with Crippen molar-refractivity contribution in [3.63, 3.8) is 0 Å². The van der Waals surface area contributed by atoms with Crippen LogP contribution in [0.15, 0.2) is 33.8 Å². The Kier molecular flexibility index (Phi) is 5.46. The highest BCUT2D eigenvalue weighted by Gasteiger charge is 2.54. The molecule has 35 heavy (non-hydrogen) atoms. The highest BCUT2D eigenvalue weighted by Crippen LogP contribution is 2.48. The second kappa shape index (κ2) is 8.54. The largest absolute Gasteiger partial charge is 0.359 e. The Balaban J connectivity index is 1.47. The predicted molar refractivity (Wildman–Crippen MR) is 131 cm³/mol. The van der Waals surface area contributed by atoms with Gasteiger partial charge in [-0.3, -0.25) is 14.2 Å². The van der Waals surface area contributed by atoms with Crippen molar-refractivity contribution in [2.24, 2.45) is 11.8 Å². The number of nitrogens with zero attached hydrogens (tertiary/aromatic N) is 4. The van der Waals surface area contributed by atoms with Crippen molar-refractivity contribution < 1.29 is 14.1 Å². The molecule has 0 bridgehead atoms. The number of carbonyl (C=O) groups excluding carboxylic acids is 2. The lowest BCUT2D eigenvalue weighted by molar-refractivity contribution is -0.127. The van der Waals surface area contributed by atoms with E-state index >= 15 is 0 Å². The molecular weight excluding hydrogens is 466 g/mol. The van der Waals surface area contributed by atoms with E-state index in [1.165, 1.54) is 0 Å². The SMILES string of the molecule is Cc1noc(C)c1Nc1nncn1C1(C(=O)NCC2CC2)C(NC(=O)C2CC2)=CC2=C1CSCC2. The number of rotatable bonds is 8. The van der Waals surface area contributed by atoms with Gasteiger partial charge in [0.1, 0.15) is 17.7 Å². The third kappa shape index (κ3) is 3.85. The summed E-state index contributed by atoms with van der Waals surface area (Å²) >= 11 is 1.80. The van der Waals surface area contributed by atoms with Crippen LogP contribution in [0.1, 0.15) is 43.6 Å². The van der Waals surface area contributed by atoms with Crippen molar-refractivity contribution in [3.8, 4) is 0 Å². The van der Waals surface area contributed by atoms with Gasteiger partial charge < -0.3 is 20.5 Å². The van der Waals surface area contributed by atoms with E-state index in [1.807, 2.05) is 19.9 Å². The molecule has 6 rings (SSSR count). The summed E-state index contributed by atoms with van der Waals surface area (Å²) in [7, 11) is 0. The van der Waals surface area contributed by atoms with Crippen LogP contribution in [0.3, 0.4) is 0 Å². The summed E-state index contributed by atoms with van der Waals surface area (Å²) in [6.07, 6.45) is 8.45. The number of anilines is 2. The zero-order valence-electron chi connectivity index (χ0n) is 19.9. The van der Waals surface area contributed by atoms with E-state index in [0.29, 0.717) is 47.0 Å². The fourth-order valence-electron chi connectivity index (χ4n) is 4.91. The molecule has 11 heteroatoms. The molecule has 0 aromatic carbocycles. The second-order valence-electron chi connectivity index (χ2n) is 9.84. The Morgan fingerprint density at radius 2 is 2.09 bits per heavy atom. The van der Waals surface area contributed by atoms with Gasteiger partial charge in [0.15, 0.2) is 11.3 Å². The molecule has 4 aliphatic rings. The van der Waals surface area contributed by atoms with Gasteiger partial charge in [0.2, 0.25) is 11.9 Å². The maximum Gasteiger partial charge on any atom is 0.257 e. The first-order chi connectivity index (χ1) is 17.0. The molecule has 3 N–H and O–H groups in total. The Bertz CT molecular complexity index is 1230. The molecule has 2 aromatic rings. The molecule has 1 atom stereocenters. The lowest BCUT2D eigenvalue weighted by Gasteiger charge is -2.37. The number of aryl methyl sites for hydroxylation is 2. The Morgan fingerprint density at radius 1 is 1.26 bits per heavy atom. The second-order valence-corrected chi connectivity index (χ2v) is 10.9. The number of carbonyl (C=O) groups is 2. The van der Waals surface area contributed by atoms with Gasteiger partial charge in [-0.25, -0.2) is 0 Å². The molecule has 2 aromatic heterocycles. The van der Waals surface area contributed by atoms with E-state index in [-0.39, 0.29) is 17.7 Å². The highest BCUT2D eigenvalue weighted by atomic mass is 32.2. The van der Waals surface area contributed by atoms with Crippen LogP contribution in [0.25, 0.3) is 0 Å². The predicted octanol–water partition coefficient (Wildman–Crippen LogP) is 2.71. The summed E-state index contributed by atoms with van der Waals surface area (Å²) in [6.45, 7) is 4.28. The molecule has 3 heterocycles. The van der Waals surface area contributed by atoms with Crippen molar-refractivity contribution in [3.05, 3.63) is 40.7 Å². The third-order valence-corrected chi connectivity index (χ3v) is 8.24. The van der Waals surface area contributed by atoms with Crippen molar-refractivity contribution >= 4 is 35.2 Å². The first-order valence-corrected chi connectivity index (χ1v) is 13.4. The Morgan fingerprint density at radius 3 is 2.80 bits per heavy atom. The van der Waals surface area contributed by atoms with Gasteiger partial charge in [-0.05, 0) is 74.8 Å². The number of aromatic nitrogens is 4. The molecule has 0 spiro atoms. The number of thioether (sulfide) groups is 1. The lowest BCUT2D eigenvalue weighted by Crippen LogP contribution is -2.55. The summed E-state index contributed by atoms with van der Waals surface area (Å²) in [4.78, 5) is 27.2. The topological polar surface area (TPSA) is 127 Å². The average molecular weight is 496 g/mol. The quantitative estimate of drug-likeness (QED) is 0.510. The van der Waals surface area contributed by atoms with Crippen LogP contribution in [0.2, 0.25) is 0 Å². The zero-order chi connectivity index (χ0) is 24.2. The molecule has 184 valence electrons. The highest BCUT2D eigenvalue weighted by molar-refractivity contribution is 7.99. The van der Waals surface area contributed by atoms with E-state index in [9.17, 15) is 9.59 Å². The molecule has 0 radical (unpaired) electrons. The maximum atomic E-state index is 14.2. The van der Waals surface area contributed by atoms with Crippen LogP contribution in [0.4, 0.5) is 11.6 Å². The molecule has 0 saturated heterocycles. The standard InChI is InChI=1S/C24H29N7O3S/c1-13-20(14(2)34-30-13)28-23-29-26-12-31(23)24(22(33)25-10-15-3-4-15)18-11-35-8-7-17(18)9-19(24)27-21(32)16-5-6-16/h9,12,15-16H,3-8,10-11H2,1-2H3,(H,25,33)(H,27,32)(H,28,29). The van der Waals surface area contributed by atoms with Gasteiger partial charge in [0.05, 0.1) is 5.70 Å². The molecule has 2 fully saturated rings. The van der Waals surface area contributed by atoms with E-state index in [2.05, 4.69) is 31.3 Å². The number of amides is 2. The normalized spacial score (nSPS) is 23.7. The van der Waals surface area contributed by atoms with E-state index in [0.717, 1.165) is 49.0 Å². The minimum Gasteiger partial charge on any atom is -0.359 e. The number of hydrogen-bond acceptors (Lipinski definition) is 8. The molecule has 1 unspecified atom stereocenters. The van der Waals surface area contributed by atoms with E-state index in [4.69, 9.17) is 4.52 Å². The first-order valence-electron chi connectivity index (χ1n) is 12.2. The number of hydrogen-bond donors (Lipinski definition) is 3. The average Bonchev–Trinajstić information content (AvgIpc) is 3.77. The van der Waals surface area contributed by atoms with Crippen molar-refractivity contribution in [1.82, 2.24) is 30.6 Å². The molecule has 3 aliphatic carbocycles. The number of allylic oxidation sites excluding steroid dienone is 2. The van der Waals surface area contributed by atoms with Crippen LogP contribution in [0.5, 0.6) is 0 Å².